The summed E-state index contributed by atoms with van der Waals surface area (Å²) in [5.74, 6) is 7.59. The highest BCUT2D eigenvalue weighted by molar-refractivity contribution is 4.83. The molecule has 0 aromatic rings. The molecular weight excluding hydrogens is 244 g/mol. The molecule has 1 saturated carbocycles. The predicted octanol–water partition coefficient (Wildman–Crippen LogP) is 5.18. The molecule has 1 rings (SSSR count). The van der Waals surface area contributed by atoms with Gasteiger partial charge in [0.05, 0.1) is 0 Å². The van der Waals surface area contributed by atoms with Gasteiger partial charge in [-0.2, -0.15) is 0 Å². The van der Waals surface area contributed by atoms with Gasteiger partial charge in [0.2, 0.25) is 0 Å². The average molecular weight is 283 g/mol. The molecule has 0 amide bonds. The van der Waals surface area contributed by atoms with Crippen molar-refractivity contribution in [1.29, 1.82) is 0 Å². The maximum absolute atomic E-state index is 5.85. The number of hydrogen-bond donors (Lipinski definition) is 2. The lowest BCUT2D eigenvalue weighted by molar-refractivity contribution is 0.167. The molecular formula is C18H38N2. The quantitative estimate of drug-likeness (QED) is 0.311. The molecule has 3 N–H and O–H groups in total. The van der Waals surface area contributed by atoms with Gasteiger partial charge in [0.15, 0.2) is 0 Å². The van der Waals surface area contributed by atoms with E-state index >= 15 is 0 Å². The molecule has 0 aromatic heterocycles. The van der Waals surface area contributed by atoms with Crippen molar-refractivity contribution in [3.63, 3.8) is 0 Å². The van der Waals surface area contributed by atoms with E-state index in [1.165, 1.54) is 83.5 Å². The third-order valence-electron chi connectivity index (χ3n) is 5.34. The van der Waals surface area contributed by atoms with Crippen molar-refractivity contribution in [3.8, 4) is 0 Å². The lowest BCUT2D eigenvalue weighted by Gasteiger charge is -2.36. The monoisotopic (exact) mass is 282 g/mol. The summed E-state index contributed by atoms with van der Waals surface area (Å²) < 4.78 is 0. The van der Waals surface area contributed by atoms with E-state index in [0.29, 0.717) is 6.04 Å². The second-order valence-corrected chi connectivity index (χ2v) is 6.80. The smallest absolute Gasteiger partial charge is 0.0241 e. The Morgan fingerprint density at radius 3 is 2.25 bits per heavy atom. The van der Waals surface area contributed by atoms with Crippen LogP contribution in [-0.2, 0) is 0 Å². The summed E-state index contributed by atoms with van der Waals surface area (Å²) in [6.45, 7) is 4.64. The lowest BCUT2D eigenvalue weighted by atomic mass is 9.73. The van der Waals surface area contributed by atoms with Crippen LogP contribution in [-0.4, -0.2) is 6.04 Å². The molecule has 3 atom stereocenters. The first-order chi connectivity index (χ1) is 9.83. The van der Waals surface area contributed by atoms with Crippen molar-refractivity contribution in [3.05, 3.63) is 0 Å². The normalized spacial score (nSPS) is 24.8. The molecule has 120 valence electrons. The molecule has 3 unspecified atom stereocenters. The molecule has 0 bridgehead atoms. The SMILES string of the molecule is CCCCCCCCCC(NN)C1CCCCC1CC. The van der Waals surface area contributed by atoms with Crippen molar-refractivity contribution in [1.82, 2.24) is 5.43 Å². The van der Waals surface area contributed by atoms with Crippen LogP contribution in [0.15, 0.2) is 0 Å². The van der Waals surface area contributed by atoms with Crippen LogP contribution in [0.5, 0.6) is 0 Å². The zero-order valence-electron chi connectivity index (χ0n) is 14.0. The zero-order valence-corrected chi connectivity index (χ0v) is 14.0. The van der Waals surface area contributed by atoms with Crippen LogP contribution in [0.3, 0.4) is 0 Å². The van der Waals surface area contributed by atoms with E-state index in [1.54, 1.807) is 0 Å². The molecule has 0 saturated heterocycles. The van der Waals surface area contributed by atoms with Gasteiger partial charge in [-0.05, 0) is 24.7 Å². The highest BCUT2D eigenvalue weighted by Gasteiger charge is 2.29. The largest absolute Gasteiger partial charge is 0.271 e. The summed E-state index contributed by atoms with van der Waals surface area (Å²) in [6.07, 6.45) is 18.1. The fourth-order valence-corrected chi connectivity index (χ4v) is 4.02. The predicted molar refractivity (Wildman–Crippen MR) is 89.5 cm³/mol. The molecule has 0 aliphatic heterocycles. The molecule has 0 spiro atoms. The highest BCUT2D eigenvalue weighted by Crippen LogP contribution is 2.35. The minimum atomic E-state index is 0.566. The number of nitrogens with two attached hydrogens (primary N) is 1. The fourth-order valence-electron chi connectivity index (χ4n) is 4.02. The maximum Gasteiger partial charge on any atom is 0.0241 e. The van der Waals surface area contributed by atoms with Gasteiger partial charge in [0, 0.05) is 6.04 Å². The van der Waals surface area contributed by atoms with Gasteiger partial charge in [0.1, 0.15) is 0 Å². The molecule has 1 aliphatic carbocycles. The second kappa shape index (κ2) is 11.6. The van der Waals surface area contributed by atoms with Gasteiger partial charge in [-0.1, -0.05) is 84.5 Å². The first-order valence-corrected chi connectivity index (χ1v) is 9.29. The van der Waals surface area contributed by atoms with E-state index < -0.39 is 0 Å². The fraction of sp³-hybridized carbons (Fsp3) is 1.00. The van der Waals surface area contributed by atoms with Crippen LogP contribution < -0.4 is 11.3 Å². The van der Waals surface area contributed by atoms with E-state index in [9.17, 15) is 0 Å². The Morgan fingerprint density at radius 2 is 1.60 bits per heavy atom. The van der Waals surface area contributed by atoms with E-state index in [4.69, 9.17) is 5.84 Å². The van der Waals surface area contributed by atoms with Gasteiger partial charge >= 0.3 is 0 Å². The summed E-state index contributed by atoms with van der Waals surface area (Å²) in [5.41, 5.74) is 3.15. The van der Waals surface area contributed by atoms with Crippen LogP contribution >= 0.6 is 0 Å². The van der Waals surface area contributed by atoms with Crippen LogP contribution in [0.25, 0.3) is 0 Å². The molecule has 20 heavy (non-hydrogen) atoms. The van der Waals surface area contributed by atoms with Gasteiger partial charge in [0.25, 0.3) is 0 Å². The molecule has 0 aromatic carbocycles. The van der Waals surface area contributed by atoms with E-state index in [2.05, 4.69) is 19.3 Å². The van der Waals surface area contributed by atoms with Crippen molar-refractivity contribution < 1.29 is 0 Å². The standard InChI is InChI=1S/C18H38N2/c1-3-5-6-7-8-9-10-15-18(20-19)17-14-12-11-13-16(17)4-2/h16-18,20H,3-15,19H2,1-2H3. The van der Waals surface area contributed by atoms with Crippen molar-refractivity contribution >= 4 is 0 Å². The van der Waals surface area contributed by atoms with Crippen LogP contribution in [0.4, 0.5) is 0 Å². The molecule has 0 radical (unpaired) electrons. The third-order valence-corrected chi connectivity index (χ3v) is 5.34. The minimum absolute atomic E-state index is 0.566. The number of nitrogens with one attached hydrogen (secondary N) is 1. The summed E-state index contributed by atoms with van der Waals surface area (Å²) in [4.78, 5) is 0. The minimum Gasteiger partial charge on any atom is -0.271 e. The number of unbranched alkanes of at least 4 members (excludes halogenated alkanes) is 6. The average Bonchev–Trinajstić information content (AvgIpc) is 2.50. The topological polar surface area (TPSA) is 38.0 Å². The van der Waals surface area contributed by atoms with Crippen LogP contribution in [0.1, 0.15) is 97.3 Å². The molecule has 1 fully saturated rings. The lowest BCUT2D eigenvalue weighted by Crippen LogP contribution is -2.44. The van der Waals surface area contributed by atoms with Crippen molar-refractivity contribution in [2.45, 2.75) is 103 Å². The number of hydrazine groups is 1. The summed E-state index contributed by atoms with van der Waals surface area (Å²) in [7, 11) is 0. The summed E-state index contributed by atoms with van der Waals surface area (Å²) >= 11 is 0. The molecule has 1 aliphatic rings. The van der Waals surface area contributed by atoms with E-state index in [1.807, 2.05) is 0 Å². The Labute approximate surface area is 127 Å². The Bertz CT molecular complexity index is 217. The highest BCUT2D eigenvalue weighted by atomic mass is 15.2. The van der Waals surface area contributed by atoms with Gasteiger partial charge in [-0.15, -0.1) is 0 Å². The maximum atomic E-state index is 5.85. The summed E-state index contributed by atoms with van der Waals surface area (Å²) in [5, 5.41) is 0. The molecule has 0 heterocycles. The molecule has 2 nitrogen and oxygen atoms in total. The Morgan fingerprint density at radius 1 is 0.950 bits per heavy atom. The van der Waals surface area contributed by atoms with Crippen LogP contribution in [0.2, 0.25) is 0 Å². The van der Waals surface area contributed by atoms with Crippen molar-refractivity contribution in [2.75, 3.05) is 0 Å². The second-order valence-electron chi connectivity index (χ2n) is 6.80. The van der Waals surface area contributed by atoms with Gasteiger partial charge in [-0.3, -0.25) is 11.3 Å². The van der Waals surface area contributed by atoms with Gasteiger partial charge < -0.3 is 0 Å². The van der Waals surface area contributed by atoms with Crippen LogP contribution in [0, 0.1) is 11.8 Å². The number of rotatable bonds is 11. The summed E-state index contributed by atoms with van der Waals surface area (Å²) in [6, 6.07) is 0.566. The first kappa shape index (κ1) is 18.0. The third kappa shape index (κ3) is 6.58. The Hall–Kier alpha value is -0.0800. The number of hydrogen-bond acceptors (Lipinski definition) is 2. The van der Waals surface area contributed by atoms with E-state index in [0.717, 1.165) is 11.8 Å². The Balaban J connectivity index is 2.17. The zero-order chi connectivity index (χ0) is 14.6. The molecule has 2 heteroatoms. The van der Waals surface area contributed by atoms with Crippen molar-refractivity contribution in [2.24, 2.45) is 17.7 Å². The Kier molecular flexibility index (Phi) is 10.4. The van der Waals surface area contributed by atoms with Gasteiger partial charge in [-0.25, -0.2) is 0 Å². The van der Waals surface area contributed by atoms with E-state index in [-0.39, 0.29) is 0 Å². The first-order valence-electron chi connectivity index (χ1n) is 9.29.